The smallest absolute Gasteiger partial charge is 0.255 e. The lowest BCUT2D eigenvalue weighted by molar-refractivity contribution is -0.134. The van der Waals surface area contributed by atoms with Crippen LogP contribution in [0.1, 0.15) is 58.0 Å². The summed E-state index contributed by atoms with van der Waals surface area (Å²) in [6.07, 6.45) is 2.94. The molecule has 4 rings (SSSR count). The molecule has 0 unspecified atom stereocenters. The van der Waals surface area contributed by atoms with E-state index in [1.54, 1.807) is 47.9 Å². The second-order valence-corrected chi connectivity index (χ2v) is 9.74. The number of methoxy groups -OCH3 is 1. The molecule has 5 N–H and O–H groups in total. The lowest BCUT2D eigenvalue weighted by atomic mass is 9.85. The predicted octanol–water partition coefficient (Wildman–Crippen LogP) is 2.99. The van der Waals surface area contributed by atoms with Crippen LogP contribution in [0.3, 0.4) is 0 Å². The molecule has 200 valence electrons. The van der Waals surface area contributed by atoms with Crippen LogP contribution in [0.15, 0.2) is 48.5 Å². The average Bonchev–Trinajstić information content (AvgIpc) is 3.28. The Bertz CT molecular complexity index is 1320. The third kappa shape index (κ3) is 5.49. The molecule has 3 aromatic rings. The van der Waals surface area contributed by atoms with E-state index in [-0.39, 0.29) is 35.2 Å². The number of carbonyl (C=O) groups is 3. The van der Waals surface area contributed by atoms with Crippen LogP contribution in [0.25, 0.3) is 11.3 Å². The molecular formula is C28H34N6O4. The number of benzene rings is 2. The Morgan fingerprint density at radius 3 is 2.32 bits per heavy atom. The van der Waals surface area contributed by atoms with Gasteiger partial charge in [0.2, 0.25) is 5.91 Å². The van der Waals surface area contributed by atoms with Crippen LogP contribution in [-0.4, -0.2) is 53.6 Å². The number of nitrogens with one attached hydrogen (secondary N) is 1. The largest absolute Gasteiger partial charge is 0.496 e. The Balaban J connectivity index is 1.49. The van der Waals surface area contributed by atoms with E-state index in [1.807, 2.05) is 24.3 Å². The molecule has 10 nitrogen and oxygen atoms in total. The van der Waals surface area contributed by atoms with Crippen molar-refractivity contribution in [2.24, 2.45) is 11.7 Å². The zero-order valence-corrected chi connectivity index (χ0v) is 21.9. The molecule has 10 heteroatoms. The van der Waals surface area contributed by atoms with E-state index in [0.29, 0.717) is 29.1 Å². The summed E-state index contributed by atoms with van der Waals surface area (Å²) in [6.45, 7) is 0.311. The third-order valence-electron chi connectivity index (χ3n) is 7.06. The summed E-state index contributed by atoms with van der Waals surface area (Å²) >= 11 is 0. The Labute approximate surface area is 221 Å². The first-order valence-electron chi connectivity index (χ1n) is 12.6. The summed E-state index contributed by atoms with van der Waals surface area (Å²) in [7, 11) is 5.06. The van der Waals surface area contributed by atoms with Crippen molar-refractivity contribution in [3.63, 3.8) is 0 Å². The second kappa shape index (κ2) is 11.4. The fourth-order valence-electron chi connectivity index (χ4n) is 4.99. The SMILES string of the molecule is COc1ccccc1C(=O)NCc1ccc(-c2nn([C@H]3CC[C@H](C(=O)N(C)C)CC3)c(N)c2C(N)=O)cc1. The molecule has 1 fully saturated rings. The number of amides is 3. The van der Waals surface area contributed by atoms with Crippen molar-refractivity contribution >= 4 is 23.5 Å². The molecule has 0 saturated heterocycles. The summed E-state index contributed by atoms with van der Waals surface area (Å²) in [4.78, 5) is 38.9. The summed E-state index contributed by atoms with van der Waals surface area (Å²) in [6, 6.07) is 14.4. The molecule has 1 aliphatic rings. The number of anilines is 1. The molecule has 0 bridgehead atoms. The van der Waals surface area contributed by atoms with Gasteiger partial charge in [-0.1, -0.05) is 36.4 Å². The number of nitrogens with two attached hydrogens (primary N) is 2. The molecular weight excluding hydrogens is 484 g/mol. The number of nitrogen functional groups attached to an aromatic ring is 1. The average molecular weight is 519 g/mol. The van der Waals surface area contributed by atoms with Crippen molar-refractivity contribution in [2.45, 2.75) is 38.3 Å². The van der Waals surface area contributed by atoms with Gasteiger partial charge in [0.15, 0.2) is 0 Å². The van der Waals surface area contributed by atoms with Gasteiger partial charge in [-0.25, -0.2) is 4.68 Å². The maximum absolute atomic E-state index is 12.6. The summed E-state index contributed by atoms with van der Waals surface area (Å²) in [5.41, 5.74) is 14.7. The van der Waals surface area contributed by atoms with E-state index in [0.717, 1.165) is 31.2 Å². The van der Waals surface area contributed by atoms with Crippen LogP contribution < -0.4 is 21.5 Å². The standard InChI is InChI=1S/C28H34N6O4/c1-33(2)28(37)19-12-14-20(15-13-19)34-25(29)23(26(30)35)24(32-34)18-10-8-17(9-11-18)16-31-27(36)21-6-4-5-7-22(21)38-3/h4-11,19-20H,12-16,29H2,1-3H3,(H2,30,35)(H,31,36)/t19-,20-. The number of aromatic nitrogens is 2. The molecule has 1 heterocycles. The maximum atomic E-state index is 12.6. The van der Waals surface area contributed by atoms with E-state index < -0.39 is 5.91 Å². The van der Waals surface area contributed by atoms with E-state index in [9.17, 15) is 14.4 Å². The van der Waals surface area contributed by atoms with Gasteiger partial charge in [0.25, 0.3) is 11.8 Å². The number of primary amides is 1. The first kappa shape index (κ1) is 26.7. The van der Waals surface area contributed by atoms with Crippen molar-refractivity contribution in [1.29, 1.82) is 0 Å². The van der Waals surface area contributed by atoms with Gasteiger partial charge in [0.1, 0.15) is 22.8 Å². The number of ether oxygens (including phenoxy) is 1. The number of para-hydroxylation sites is 1. The van der Waals surface area contributed by atoms with Crippen LogP contribution in [0.2, 0.25) is 0 Å². The van der Waals surface area contributed by atoms with Crippen LogP contribution in [-0.2, 0) is 11.3 Å². The van der Waals surface area contributed by atoms with Gasteiger partial charge in [0, 0.05) is 32.1 Å². The topological polar surface area (TPSA) is 146 Å². The second-order valence-electron chi connectivity index (χ2n) is 9.74. The Morgan fingerprint density at radius 2 is 1.71 bits per heavy atom. The van der Waals surface area contributed by atoms with E-state index in [4.69, 9.17) is 21.3 Å². The quantitative estimate of drug-likeness (QED) is 0.418. The van der Waals surface area contributed by atoms with Crippen LogP contribution >= 0.6 is 0 Å². The van der Waals surface area contributed by atoms with Gasteiger partial charge >= 0.3 is 0 Å². The van der Waals surface area contributed by atoms with E-state index in [2.05, 4.69) is 5.32 Å². The fourth-order valence-corrected chi connectivity index (χ4v) is 4.99. The molecule has 3 amide bonds. The number of hydrogen-bond donors (Lipinski definition) is 3. The zero-order valence-electron chi connectivity index (χ0n) is 21.9. The molecule has 1 aromatic heterocycles. The Hall–Kier alpha value is -4.34. The molecule has 1 saturated carbocycles. The van der Waals surface area contributed by atoms with Gasteiger partial charge in [-0.2, -0.15) is 5.10 Å². The minimum Gasteiger partial charge on any atom is -0.496 e. The van der Waals surface area contributed by atoms with Gasteiger partial charge in [-0.15, -0.1) is 0 Å². The Morgan fingerprint density at radius 1 is 1.05 bits per heavy atom. The summed E-state index contributed by atoms with van der Waals surface area (Å²) in [5.74, 6) is -0.0172. The highest BCUT2D eigenvalue weighted by atomic mass is 16.5. The number of nitrogens with zero attached hydrogens (tertiary/aromatic N) is 3. The number of rotatable bonds is 8. The molecule has 0 spiro atoms. The van der Waals surface area contributed by atoms with Gasteiger partial charge < -0.3 is 26.4 Å². The summed E-state index contributed by atoms with van der Waals surface area (Å²) < 4.78 is 6.95. The lowest BCUT2D eigenvalue weighted by Crippen LogP contribution is -2.33. The van der Waals surface area contributed by atoms with Crippen molar-refractivity contribution < 1.29 is 19.1 Å². The lowest BCUT2D eigenvalue weighted by Gasteiger charge is -2.30. The maximum Gasteiger partial charge on any atom is 0.255 e. The third-order valence-corrected chi connectivity index (χ3v) is 7.06. The van der Waals surface area contributed by atoms with E-state index >= 15 is 0 Å². The minimum atomic E-state index is -0.645. The monoisotopic (exact) mass is 518 g/mol. The molecule has 0 atom stereocenters. The highest BCUT2D eigenvalue weighted by Crippen LogP contribution is 2.37. The molecule has 0 radical (unpaired) electrons. The van der Waals surface area contributed by atoms with Crippen molar-refractivity contribution in [3.05, 3.63) is 65.2 Å². The van der Waals surface area contributed by atoms with Crippen LogP contribution in [0.4, 0.5) is 5.82 Å². The first-order valence-corrected chi connectivity index (χ1v) is 12.6. The van der Waals surface area contributed by atoms with Gasteiger partial charge in [0.05, 0.1) is 18.7 Å². The summed E-state index contributed by atoms with van der Waals surface area (Å²) in [5, 5.41) is 7.60. The van der Waals surface area contributed by atoms with Crippen LogP contribution in [0.5, 0.6) is 5.75 Å². The number of carbonyl (C=O) groups excluding carboxylic acids is 3. The first-order chi connectivity index (χ1) is 18.2. The fraction of sp³-hybridized carbons (Fsp3) is 0.357. The highest BCUT2D eigenvalue weighted by Gasteiger charge is 2.31. The molecule has 0 aliphatic heterocycles. The molecule has 2 aromatic carbocycles. The number of hydrogen-bond acceptors (Lipinski definition) is 6. The Kier molecular flexibility index (Phi) is 7.99. The van der Waals surface area contributed by atoms with Crippen molar-refractivity contribution in [2.75, 3.05) is 26.9 Å². The molecule has 38 heavy (non-hydrogen) atoms. The molecule has 1 aliphatic carbocycles. The van der Waals surface area contributed by atoms with E-state index in [1.165, 1.54) is 7.11 Å². The predicted molar refractivity (Wildman–Crippen MR) is 144 cm³/mol. The van der Waals surface area contributed by atoms with Crippen molar-refractivity contribution in [3.8, 4) is 17.0 Å². The van der Waals surface area contributed by atoms with Gasteiger partial charge in [-0.05, 0) is 43.4 Å². The van der Waals surface area contributed by atoms with Gasteiger partial charge in [-0.3, -0.25) is 14.4 Å². The normalized spacial score (nSPS) is 17.0. The minimum absolute atomic E-state index is 0.0101. The van der Waals surface area contributed by atoms with Crippen LogP contribution in [0, 0.1) is 5.92 Å². The van der Waals surface area contributed by atoms with Crippen molar-refractivity contribution in [1.82, 2.24) is 20.0 Å². The highest BCUT2D eigenvalue weighted by molar-refractivity contribution is 6.03. The zero-order chi connectivity index (χ0) is 27.4.